The zero-order valence-corrected chi connectivity index (χ0v) is 20.8. The molecule has 3 aliphatic rings. The molecule has 1 aromatic carbocycles. The molecule has 5 atom stereocenters. The molecule has 0 spiro atoms. The molecule has 1 aromatic rings. The van der Waals surface area contributed by atoms with Crippen LogP contribution in [-0.4, -0.2) is 48.4 Å². The fraction of sp³-hybridized carbons (Fsp3) is 0.423. The number of hydrogen-bond donors (Lipinski definition) is 0. The third-order valence-corrected chi connectivity index (χ3v) is 7.04. The molecule has 34 heavy (non-hydrogen) atoms. The highest BCUT2D eigenvalue weighted by atomic mass is 79.9. The number of benzene rings is 1. The van der Waals surface area contributed by atoms with E-state index in [0.717, 1.165) is 10.0 Å². The van der Waals surface area contributed by atoms with Crippen LogP contribution in [0.1, 0.15) is 43.5 Å². The molecule has 0 radical (unpaired) electrons. The lowest BCUT2D eigenvalue weighted by atomic mass is 9.82. The maximum absolute atomic E-state index is 12.6. The van der Waals surface area contributed by atoms with Crippen LogP contribution in [-0.2, 0) is 28.5 Å². The van der Waals surface area contributed by atoms with E-state index >= 15 is 0 Å². The number of esters is 3. The number of carbonyl (C=O) groups is 3. The summed E-state index contributed by atoms with van der Waals surface area (Å²) in [5.41, 5.74) is 1.24. The second-order valence-electron chi connectivity index (χ2n) is 9.18. The number of fused-ring (bicyclic) bond motifs is 3. The summed E-state index contributed by atoms with van der Waals surface area (Å²) in [5, 5.41) is 0. The lowest BCUT2D eigenvalue weighted by Crippen LogP contribution is -2.39. The maximum Gasteiger partial charge on any atom is 0.338 e. The smallest absolute Gasteiger partial charge is 0.338 e. The van der Waals surface area contributed by atoms with Crippen molar-refractivity contribution in [2.45, 2.75) is 57.0 Å². The molecule has 2 fully saturated rings. The van der Waals surface area contributed by atoms with Gasteiger partial charge in [0.1, 0.15) is 24.9 Å². The Balaban J connectivity index is 1.58. The van der Waals surface area contributed by atoms with Gasteiger partial charge in [-0.3, -0.25) is 0 Å². The Morgan fingerprint density at radius 1 is 1.26 bits per heavy atom. The first kappa shape index (κ1) is 24.4. The molecule has 7 nitrogen and oxygen atoms in total. The standard InChI is InChI=1S/C26H27BrO7/c1-14(2)23(28)32-19-12-16(13-31-25(30)17-7-9-18(27)10-8-17)6-5-11-26(4)22(34-26)21-20(19)15(3)24(29)33-21/h6-10,19-22H,1,3,5,11-13H2,2,4H3/b16-6-/t19-,20+,21-,22-,26+/m0/s1. The number of hydrogen-bond acceptors (Lipinski definition) is 7. The highest BCUT2D eigenvalue weighted by molar-refractivity contribution is 9.10. The van der Waals surface area contributed by atoms with Crippen molar-refractivity contribution in [3.05, 3.63) is 70.3 Å². The first-order valence-electron chi connectivity index (χ1n) is 11.1. The summed E-state index contributed by atoms with van der Waals surface area (Å²) in [6, 6.07) is 6.88. The summed E-state index contributed by atoms with van der Waals surface area (Å²) < 4.78 is 23.8. The first-order valence-corrected chi connectivity index (χ1v) is 11.9. The predicted molar refractivity (Wildman–Crippen MR) is 127 cm³/mol. The number of rotatable bonds is 5. The Labute approximate surface area is 206 Å². The molecule has 0 bridgehead atoms. The average Bonchev–Trinajstić information content (AvgIpc) is 3.37. The number of epoxide rings is 1. The van der Waals surface area contributed by atoms with Crippen molar-refractivity contribution >= 4 is 33.8 Å². The van der Waals surface area contributed by atoms with Crippen LogP contribution in [0.4, 0.5) is 0 Å². The van der Waals surface area contributed by atoms with Crippen molar-refractivity contribution in [1.82, 2.24) is 0 Å². The van der Waals surface area contributed by atoms with Crippen LogP contribution in [0, 0.1) is 5.92 Å². The largest absolute Gasteiger partial charge is 0.458 e. The molecule has 4 rings (SSSR count). The van der Waals surface area contributed by atoms with E-state index in [4.69, 9.17) is 18.9 Å². The minimum Gasteiger partial charge on any atom is -0.458 e. The van der Waals surface area contributed by atoms with Gasteiger partial charge in [0.2, 0.25) is 0 Å². The van der Waals surface area contributed by atoms with Crippen molar-refractivity contribution < 1.29 is 33.3 Å². The van der Waals surface area contributed by atoms with Gasteiger partial charge in [-0.15, -0.1) is 0 Å². The molecular weight excluding hydrogens is 504 g/mol. The van der Waals surface area contributed by atoms with Gasteiger partial charge in [0.25, 0.3) is 0 Å². The minimum absolute atomic E-state index is 0.0235. The van der Waals surface area contributed by atoms with Crippen LogP contribution in [0.15, 0.2) is 64.7 Å². The minimum atomic E-state index is -0.752. The van der Waals surface area contributed by atoms with Gasteiger partial charge in [0.15, 0.2) is 0 Å². The van der Waals surface area contributed by atoms with Crippen LogP contribution in [0.3, 0.4) is 0 Å². The molecule has 2 aliphatic heterocycles. The van der Waals surface area contributed by atoms with Gasteiger partial charge in [-0.25, -0.2) is 14.4 Å². The Hall–Kier alpha value is -2.71. The van der Waals surface area contributed by atoms with Crippen molar-refractivity contribution in [2.24, 2.45) is 5.92 Å². The maximum atomic E-state index is 12.6. The van der Waals surface area contributed by atoms with Gasteiger partial charge in [-0.05, 0) is 56.5 Å². The van der Waals surface area contributed by atoms with Crippen molar-refractivity contribution in [2.75, 3.05) is 6.61 Å². The Morgan fingerprint density at radius 3 is 2.65 bits per heavy atom. The highest BCUT2D eigenvalue weighted by Gasteiger charge is 2.63. The van der Waals surface area contributed by atoms with Crippen LogP contribution in [0.5, 0.6) is 0 Å². The van der Waals surface area contributed by atoms with E-state index in [1.165, 1.54) is 0 Å². The predicted octanol–water partition coefficient (Wildman–Crippen LogP) is 4.46. The molecule has 0 saturated carbocycles. The van der Waals surface area contributed by atoms with Crippen molar-refractivity contribution in [3.8, 4) is 0 Å². The molecule has 8 heteroatoms. The molecule has 0 unspecified atom stereocenters. The van der Waals surface area contributed by atoms with Crippen molar-refractivity contribution in [1.29, 1.82) is 0 Å². The fourth-order valence-corrected chi connectivity index (χ4v) is 4.76. The Bertz CT molecular complexity index is 1070. The van der Waals surface area contributed by atoms with Gasteiger partial charge < -0.3 is 18.9 Å². The Morgan fingerprint density at radius 2 is 1.97 bits per heavy atom. The summed E-state index contributed by atoms with van der Waals surface area (Å²) in [7, 11) is 0. The van der Waals surface area contributed by atoms with Crippen LogP contribution >= 0.6 is 15.9 Å². The van der Waals surface area contributed by atoms with Crippen LogP contribution in [0.2, 0.25) is 0 Å². The summed E-state index contributed by atoms with van der Waals surface area (Å²) in [5.74, 6) is -2.12. The molecular formula is C26H27BrO7. The third-order valence-electron chi connectivity index (χ3n) is 6.51. The zero-order valence-electron chi connectivity index (χ0n) is 19.2. The van der Waals surface area contributed by atoms with Gasteiger partial charge in [-0.1, -0.05) is 35.2 Å². The van der Waals surface area contributed by atoms with E-state index in [1.807, 2.05) is 13.0 Å². The van der Waals surface area contributed by atoms with Gasteiger partial charge in [0.05, 0.1) is 17.1 Å². The van der Waals surface area contributed by atoms with Crippen LogP contribution < -0.4 is 0 Å². The molecule has 0 N–H and O–H groups in total. The topological polar surface area (TPSA) is 91.4 Å². The second-order valence-corrected chi connectivity index (χ2v) is 10.1. The molecule has 1 aliphatic carbocycles. The number of carbonyl (C=O) groups excluding carboxylic acids is 3. The fourth-order valence-electron chi connectivity index (χ4n) is 4.49. The SMILES string of the molecule is C=C(C)C(=O)O[C@H]1C/C(COC(=O)c2ccc(Br)cc2)=C/CC[C@@]2(C)O[C@H]2[C@H]2OC(=O)C(=C)[C@@H]21. The van der Waals surface area contributed by atoms with E-state index in [9.17, 15) is 14.4 Å². The highest BCUT2D eigenvalue weighted by Crippen LogP contribution is 2.50. The van der Waals surface area contributed by atoms with E-state index in [2.05, 4.69) is 29.1 Å². The van der Waals surface area contributed by atoms with Crippen LogP contribution in [0.25, 0.3) is 0 Å². The lowest BCUT2D eigenvalue weighted by Gasteiger charge is -2.28. The normalized spacial score (nSPS) is 31.8. The number of allylic oxidation sites excluding steroid dienone is 1. The quantitative estimate of drug-likeness (QED) is 0.182. The van der Waals surface area contributed by atoms with E-state index < -0.39 is 41.6 Å². The summed E-state index contributed by atoms with van der Waals surface area (Å²) in [6.45, 7) is 11.1. The molecule has 180 valence electrons. The van der Waals surface area contributed by atoms with Gasteiger partial charge >= 0.3 is 17.9 Å². The monoisotopic (exact) mass is 530 g/mol. The molecule has 0 amide bonds. The Kier molecular flexibility index (Phi) is 6.82. The van der Waals surface area contributed by atoms with Gasteiger partial charge in [0, 0.05) is 22.0 Å². The summed E-state index contributed by atoms with van der Waals surface area (Å²) in [6.07, 6.45) is 1.98. The van der Waals surface area contributed by atoms with E-state index in [-0.39, 0.29) is 30.3 Å². The van der Waals surface area contributed by atoms with E-state index in [0.29, 0.717) is 18.4 Å². The molecule has 2 saturated heterocycles. The molecule has 0 aromatic heterocycles. The average molecular weight is 531 g/mol. The van der Waals surface area contributed by atoms with Crippen molar-refractivity contribution in [3.63, 3.8) is 0 Å². The summed E-state index contributed by atoms with van der Waals surface area (Å²) >= 11 is 3.35. The zero-order chi connectivity index (χ0) is 24.6. The third kappa shape index (κ3) is 5.03. The van der Waals surface area contributed by atoms with E-state index in [1.54, 1.807) is 31.2 Å². The lowest BCUT2D eigenvalue weighted by molar-refractivity contribution is -0.148. The number of ether oxygens (including phenoxy) is 4. The second kappa shape index (κ2) is 9.50. The molecule has 2 heterocycles. The summed E-state index contributed by atoms with van der Waals surface area (Å²) in [4.78, 5) is 37.4. The first-order chi connectivity index (χ1) is 16.1. The van der Waals surface area contributed by atoms with Gasteiger partial charge in [-0.2, -0.15) is 0 Å². The number of halogens is 1.